The van der Waals surface area contributed by atoms with Crippen molar-refractivity contribution in [3.63, 3.8) is 0 Å². The van der Waals surface area contributed by atoms with Crippen LogP contribution >= 0.6 is 27.5 Å². The molecular formula is C37H43BrClN3O7. The largest absolute Gasteiger partial charge is 0.455 e. The maximum atomic E-state index is 14.7. The molecule has 9 atom stereocenters. The number of allylic oxidation sites excluding steroid dienone is 1. The Morgan fingerprint density at radius 3 is 2.43 bits per heavy atom. The van der Waals surface area contributed by atoms with Crippen molar-refractivity contribution in [3.8, 4) is 0 Å². The van der Waals surface area contributed by atoms with Gasteiger partial charge in [-0.05, 0) is 56.5 Å². The van der Waals surface area contributed by atoms with E-state index in [9.17, 15) is 24.3 Å². The number of likely N-dealkylation sites (N-methyl/N-ethyl adjacent to an activating group) is 1. The SMILES string of the molecule is C=CCCC(=O)N(C)[C@@H](C)[C@@H](OC(=O)[C@H]1[C@@H]2O[C@@]3(CC2Br)[C@@H]1C(=O)N([C@H](C)CO)[C@@H]3C(=O)N(CC=C)c1ccc(Cl)cc1)c1ccccc1. The summed E-state index contributed by atoms with van der Waals surface area (Å²) in [5.41, 5.74) is -0.147. The van der Waals surface area contributed by atoms with Crippen molar-refractivity contribution in [2.45, 2.75) is 73.9 Å². The number of rotatable bonds is 14. The lowest BCUT2D eigenvalue weighted by molar-refractivity contribution is -0.165. The number of hydrogen-bond acceptors (Lipinski definition) is 7. The van der Waals surface area contributed by atoms with Crippen molar-refractivity contribution in [1.82, 2.24) is 9.80 Å². The van der Waals surface area contributed by atoms with Gasteiger partial charge in [-0.25, -0.2) is 0 Å². The third kappa shape index (κ3) is 6.70. The molecule has 49 heavy (non-hydrogen) atoms. The minimum Gasteiger partial charge on any atom is -0.455 e. The fourth-order valence-corrected chi connectivity index (χ4v) is 8.59. The molecule has 3 fully saturated rings. The first-order chi connectivity index (χ1) is 23.4. The van der Waals surface area contributed by atoms with Crippen LogP contribution in [0.3, 0.4) is 0 Å². The number of esters is 1. The fourth-order valence-electron chi connectivity index (χ4n) is 7.52. The number of aliphatic hydroxyl groups excluding tert-OH is 1. The van der Waals surface area contributed by atoms with Crippen molar-refractivity contribution in [1.29, 1.82) is 0 Å². The number of anilines is 1. The molecule has 0 aliphatic carbocycles. The Hall–Kier alpha value is -3.51. The van der Waals surface area contributed by atoms with Gasteiger partial charge in [-0.1, -0.05) is 70.0 Å². The predicted octanol–water partition coefficient (Wildman–Crippen LogP) is 5.09. The molecule has 3 saturated heterocycles. The van der Waals surface area contributed by atoms with Crippen LogP contribution in [0.1, 0.15) is 44.8 Å². The summed E-state index contributed by atoms with van der Waals surface area (Å²) in [4.78, 5) is 60.7. The van der Waals surface area contributed by atoms with Crippen LogP contribution < -0.4 is 4.90 Å². The average Bonchev–Trinajstić information content (AvgIpc) is 3.71. The molecule has 3 amide bonds. The monoisotopic (exact) mass is 755 g/mol. The summed E-state index contributed by atoms with van der Waals surface area (Å²) in [6, 6.07) is 13.5. The Balaban J connectivity index is 1.52. The van der Waals surface area contributed by atoms with Gasteiger partial charge in [0.05, 0.1) is 36.6 Å². The normalized spacial score (nSPS) is 27.2. The molecule has 12 heteroatoms. The zero-order valence-corrected chi connectivity index (χ0v) is 30.3. The lowest BCUT2D eigenvalue weighted by Gasteiger charge is -2.38. The van der Waals surface area contributed by atoms with E-state index in [0.717, 1.165) is 0 Å². The van der Waals surface area contributed by atoms with Gasteiger partial charge in [0, 0.05) is 35.6 Å². The number of nitrogens with zero attached hydrogens (tertiary/aromatic N) is 3. The van der Waals surface area contributed by atoms with Gasteiger partial charge in [0.1, 0.15) is 17.7 Å². The molecule has 3 aliphatic rings. The van der Waals surface area contributed by atoms with Crippen molar-refractivity contribution in [2.75, 3.05) is 25.1 Å². The van der Waals surface area contributed by atoms with Crippen LogP contribution in [0, 0.1) is 11.8 Å². The lowest BCUT2D eigenvalue weighted by atomic mass is 9.70. The van der Waals surface area contributed by atoms with Gasteiger partial charge in [-0.15, -0.1) is 13.2 Å². The minimum absolute atomic E-state index is 0.127. The molecule has 2 aromatic carbocycles. The summed E-state index contributed by atoms with van der Waals surface area (Å²) in [6.07, 6.45) is 2.70. The van der Waals surface area contributed by atoms with Crippen molar-refractivity contribution >= 4 is 56.9 Å². The predicted molar refractivity (Wildman–Crippen MR) is 190 cm³/mol. The zero-order chi connectivity index (χ0) is 35.6. The Morgan fingerprint density at radius 1 is 1.14 bits per heavy atom. The van der Waals surface area contributed by atoms with Crippen LogP contribution in [0.2, 0.25) is 5.02 Å². The van der Waals surface area contributed by atoms with E-state index < -0.39 is 72.2 Å². The summed E-state index contributed by atoms with van der Waals surface area (Å²) in [5, 5.41) is 10.8. The van der Waals surface area contributed by atoms with Gasteiger partial charge in [0.2, 0.25) is 11.8 Å². The van der Waals surface area contributed by atoms with Crippen molar-refractivity contribution in [2.24, 2.45) is 11.8 Å². The first kappa shape index (κ1) is 36.8. The Kier molecular flexibility index (Phi) is 11.4. The van der Waals surface area contributed by atoms with E-state index in [1.165, 1.54) is 9.80 Å². The number of benzene rings is 2. The van der Waals surface area contributed by atoms with Crippen LogP contribution in [0.4, 0.5) is 5.69 Å². The van der Waals surface area contributed by atoms with Crippen molar-refractivity contribution < 1.29 is 33.8 Å². The number of aliphatic hydroxyl groups is 1. The molecule has 2 bridgehead atoms. The maximum Gasteiger partial charge on any atom is 0.313 e. The molecule has 0 saturated carbocycles. The van der Waals surface area contributed by atoms with Crippen LogP contribution in [0.25, 0.3) is 0 Å². The molecule has 2 aromatic rings. The second-order valence-electron chi connectivity index (χ2n) is 13.0. The number of alkyl halides is 1. The summed E-state index contributed by atoms with van der Waals surface area (Å²) in [7, 11) is 1.67. The minimum atomic E-state index is -1.38. The van der Waals surface area contributed by atoms with Crippen LogP contribution in [0.5, 0.6) is 0 Å². The topological polar surface area (TPSA) is 117 Å². The van der Waals surface area contributed by atoms with Gasteiger partial charge < -0.3 is 29.3 Å². The van der Waals surface area contributed by atoms with Gasteiger partial charge >= 0.3 is 5.97 Å². The second-order valence-corrected chi connectivity index (χ2v) is 14.6. The average molecular weight is 757 g/mol. The quantitative estimate of drug-likeness (QED) is 0.162. The van der Waals surface area contributed by atoms with Crippen LogP contribution in [0.15, 0.2) is 79.9 Å². The fraction of sp³-hybridized carbons (Fsp3) is 0.459. The molecule has 10 nitrogen and oxygen atoms in total. The number of fused-ring (bicyclic) bond motifs is 1. The van der Waals surface area contributed by atoms with E-state index in [1.54, 1.807) is 55.3 Å². The highest BCUT2D eigenvalue weighted by Gasteiger charge is 2.77. The van der Waals surface area contributed by atoms with Gasteiger partial charge in [0.25, 0.3) is 5.91 Å². The Bertz CT molecular complexity index is 1580. The molecule has 262 valence electrons. The van der Waals surface area contributed by atoms with E-state index in [0.29, 0.717) is 22.7 Å². The summed E-state index contributed by atoms with van der Waals surface area (Å²) < 4.78 is 13.0. The number of carbonyl (C=O) groups is 4. The van der Waals surface area contributed by atoms with E-state index in [1.807, 2.05) is 37.3 Å². The standard InChI is InChI=1S/C37H43BrClN3O7/c1-6-8-14-28(44)40(5)23(4)31(24-12-10-9-11-13-24)48-36(47)29-30-34(45)42(22(3)21-43)33(37(30)20-27(38)32(29)49-37)35(46)41(19-7-2)26-17-15-25(39)16-18-26/h6-7,9-13,15-18,22-23,27,29-33,43H,1-2,8,14,19-21H2,3-5H3/t22-,23+,27?,29-,30+,31-,32-,33-,37+/m1/s1. The first-order valence-corrected chi connectivity index (χ1v) is 17.8. The lowest BCUT2D eigenvalue weighted by Crippen LogP contribution is -2.58. The number of likely N-dealkylation sites (tertiary alicyclic amines) is 1. The molecule has 0 radical (unpaired) electrons. The number of ether oxygens (including phenoxy) is 2. The van der Waals surface area contributed by atoms with Gasteiger partial charge in [-0.3, -0.25) is 19.2 Å². The maximum absolute atomic E-state index is 14.7. The summed E-state index contributed by atoms with van der Waals surface area (Å²) in [5.74, 6) is -3.77. The van der Waals surface area contributed by atoms with Gasteiger partial charge in [0.15, 0.2) is 0 Å². The van der Waals surface area contributed by atoms with E-state index >= 15 is 0 Å². The molecule has 1 spiro atoms. The second kappa shape index (κ2) is 15.2. The highest BCUT2D eigenvalue weighted by atomic mass is 79.9. The highest BCUT2D eigenvalue weighted by molar-refractivity contribution is 9.09. The molecule has 3 aliphatic heterocycles. The number of hydrogen-bond donors (Lipinski definition) is 1. The van der Waals surface area contributed by atoms with Gasteiger partial charge in [-0.2, -0.15) is 0 Å². The molecule has 0 aromatic heterocycles. The van der Waals surface area contributed by atoms with Crippen molar-refractivity contribution in [3.05, 3.63) is 90.5 Å². The number of carbonyl (C=O) groups excluding carboxylic acids is 4. The molecular weight excluding hydrogens is 714 g/mol. The van der Waals surface area contributed by atoms with E-state index in [4.69, 9.17) is 21.1 Å². The number of halogens is 2. The Morgan fingerprint density at radius 2 is 1.82 bits per heavy atom. The molecule has 3 heterocycles. The third-order valence-corrected chi connectivity index (χ3v) is 11.2. The van der Waals surface area contributed by atoms with E-state index in [-0.39, 0.29) is 30.1 Å². The molecule has 1 unspecified atom stereocenters. The smallest absolute Gasteiger partial charge is 0.313 e. The number of amides is 3. The summed E-state index contributed by atoms with van der Waals surface area (Å²) in [6.45, 7) is 10.7. The summed E-state index contributed by atoms with van der Waals surface area (Å²) >= 11 is 9.84. The molecule has 5 rings (SSSR count). The zero-order valence-electron chi connectivity index (χ0n) is 27.9. The van der Waals surface area contributed by atoms with Crippen LogP contribution in [-0.4, -0.2) is 93.5 Å². The highest BCUT2D eigenvalue weighted by Crippen LogP contribution is 2.61. The molecule has 1 N–H and O–H groups in total. The first-order valence-electron chi connectivity index (χ1n) is 16.5. The van der Waals surface area contributed by atoms with E-state index in [2.05, 4.69) is 29.1 Å². The Labute approximate surface area is 300 Å². The third-order valence-electron chi connectivity index (χ3n) is 10.1. The van der Waals surface area contributed by atoms with Crippen LogP contribution in [-0.2, 0) is 28.7 Å².